The van der Waals surface area contributed by atoms with Crippen LogP contribution in [0, 0.1) is 0 Å². The van der Waals surface area contributed by atoms with Crippen molar-refractivity contribution in [3.8, 4) is 11.5 Å². The van der Waals surface area contributed by atoms with Crippen LogP contribution >= 0.6 is 0 Å². The lowest BCUT2D eigenvalue weighted by atomic mass is 9.86. The summed E-state index contributed by atoms with van der Waals surface area (Å²) >= 11 is 0. The van der Waals surface area contributed by atoms with Gasteiger partial charge in [0, 0.05) is 31.0 Å². The quantitative estimate of drug-likeness (QED) is 0.135. The third-order valence-corrected chi connectivity index (χ3v) is 6.77. The second-order valence-electron chi connectivity index (χ2n) is 10.2. The number of rotatable bonds is 17. The van der Waals surface area contributed by atoms with Gasteiger partial charge in [0.25, 0.3) is 0 Å². The second kappa shape index (κ2) is 16.8. The molecular formula is C30H49NO5. The summed E-state index contributed by atoms with van der Waals surface area (Å²) in [4.78, 5) is 27.7. The van der Waals surface area contributed by atoms with Gasteiger partial charge >= 0.3 is 11.9 Å². The van der Waals surface area contributed by atoms with E-state index in [9.17, 15) is 9.59 Å². The molecule has 0 fully saturated rings. The van der Waals surface area contributed by atoms with Crippen LogP contribution in [0.5, 0.6) is 11.5 Å². The molecule has 0 bridgehead atoms. The highest BCUT2D eigenvalue weighted by Gasteiger charge is 2.29. The Labute approximate surface area is 219 Å². The smallest absolute Gasteiger partial charge is 0.311 e. The standard InChI is InChI=1S/C30H49NO5/c1-6-9-11-13-28(32)35-27-18-15-24-22-25(31(19-8-3)20-21-34-23(4)5)16-17-26(24)30(27)36-29(33)14-12-10-7-2/h15,18,23,25H,6-14,16-17,19-22H2,1-5H3/t25-/m0/s1. The van der Waals surface area contributed by atoms with Crippen molar-refractivity contribution in [3.63, 3.8) is 0 Å². The van der Waals surface area contributed by atoms with E-state index in [4.69, 9.17) is 14.2 Å². The number of carbonyl (C=O) groups excluding carboxylic acids is 2. The van der Waals surface area contributed by atoms with E-state index >= 15 is 0 Å². The van der Waals surface area contributed by atoms with Crippen LogP contribution in [-0.2, 0) is 27.2 Å². The van der Waals surface area contributed by atoms with Crippen molar-refractivity contribution in [1.82, 2.24) is 4.90 Å². The number of ether oxygens (including phenoxy) is 3. The first kappa shape index (κ1) is 30.3. The molecule has 36 heavy (non-hydrogen) atoms. The molecule has 0 radical (unpaired) electrons. The van der Waals surface area contributed by atoms with Gasteiger partial charge < -0.3 is 14.2 Å². The Morgan fingerprint density at radius 2 is 1.58 bits per heavy atom. The second-order valence-corrected chi connectivity index (χ2v) is 10.2. The van der Waals surface area contributed by atoms with Crippen LogP contribution in [0.25, 0.3) is 0 Å². The molecule has 2 rings (SSSR count). The van der Waals surface area contributed by atoms with Crippen LogP contribution in [0.4, 0.5) is 0 Å². The van der Waals surface area contributed by atoms with Crippen LogP contribution in [-0.4, -0.2) is 48.7 Å². The van der Waals surface area contributed by atoms with E-state index in [0.29, 0.717) is 30.4 Å². The van der Waals surface area contributed by atoms with Gasteiger partial charge in [0.1, 0.15) is 0 Å². The zero-order valence-corrected chi connectivity index (χ0v) is 23.4. The molecule has 1 aromatic rings. The third-order valence-electron chi connectivity index (χ3n) is 6.77. The van der Waals surface area contributed by atoms with Crippen molar-refractivity contribution in [2.24, 2.45) is 0 Å². The number of nitrogens with zero attached hydrogens (tertiary/aromatic N) is 1. The van der Waals surface area contributed by atoms with E-state index < -0.39 is 0 Å². The zero-order valence-electron chi connectivity index (χ0n) is 23.4. The van der Waals surface area contributed by atoms with Crippen molar-refractivity contribution < 1.29 is 23.8 Å². The Morgan fingerprint density at radius 3 is 2.19 bits per heavy atom. The van der Waals surface area contributed by atoms with E-state index in [-0.39, 0.29) is 18.0 Å². The molecule has 1 aliphatic rings. The van der Waals surface area contributed by atoms with Crippen LogP contribution in [0.2, 0.25) is 0 Å². The topological polar surface area (TPSA) is 65.1 Å². The van der Waals surface area contributed by atoms with Crippen LogP contribution in [0.1, 0.15) is 110 Å². The van der Waals surface area contributed by atoms with Crippen molar-refractivity contribution in [3.05, 3.63) is 23.3 Å². The monoisotopic (exact) mass is 503 g/mol. The molecule has 0 N–H and O–H groups in total. The van der Waals surface area contributed by atoms with Crippen LogP contribution in [0.3, 0.4) is 0 Å². The minimum atomic E-state index is -0.264. The number of fused-ring (bicyclic) bond motifs is 1. The Balaban J connectivity index is 2.21. The van der Waals surface area contributed by atoms with Crippen molar-refractivity contribution >= 4 is 11.9 Å². The highest BCUT2D eigenvalue weighted by molar-refractivity contribution is 5.77. The van der Waals surface area contributed by atoms with E-state index in [1.165, 1.54) is 5.56 Å². The Kier molecular flexibility index (Phi) is 14.1. The van der Waals surface area contributed by atoms with E-state index in [0.717, 1.165) is 89.5 Å². The summed E-state index contributed by atoms with van der Waals surface area (Å²) < 4.78 is 17.5. The van der Waals surface area contributed by atoms with Crippen molar-refractivity contribution in [2.45, 2.75) is 124 Å². The maximum absolute atomic E-state index is 12.7. The van der Waals surface area contributed by atoms with Gasteiger partial charge in [-0.2, -0.15) is 0 Å². The Morgan fingerprint density at radius 1 is 0.917 bits per heavy atom. The van der Waals surface area contributed by atoms with E-state index in [1.807, 2.05) is 6.07 Å². The highest BCUT2D eigenvalue weighted by Crippen LogP contribution is 2.39. The average molecular weight is 504 g/mol. The van der Waals surface area contributed by atoms with Gasteiger partial charge in [0.15, 0.2) is 11.5 Å². The largest absolute Gasteiger partial charge is 0.423 e. The number of hydrogen-bond acceptors (Lipinski definition) is 6. The Hall–Kier alpha value is -1.92. The summed E-state index contributed by atoms with van der Waals surface area (Å²) in [5.74, 6) is 0.329. The summed E-state index contributed by atoms with van der Waals surface area (Å²) in [6, 6.07) is 4.29. The maximum Gasteiger partial charge on any atom is 0.311 e. The molecule has 0 amide bonds. The molecule has 0 heterocycles. The minimum Gasteiger partial charge on any atom is -0.423 e. The first-order valence-electron chi connectivity index (χ1n) is 14.3. The predicted molar refractivity (Wildman–Crippen MR) is 145 cm³/mol. The van der Waals surface area contributed by atoms with Gasteiger partial charge in [-0.15, -0.1) is 0 Å². The van der Waals surface area contributed by atoms with Crippen LogP contribution in [0.15, 0.2) is 12.1 Å². The number of unbranched alkanes of at least 4 members (excludes halogenated alkanes) is 4. The summed E-state index contributed by atoms with van der Waals surface area (Å²) in [6.07, 6.45) is 10.5. The molecule has 6 nitrogen and oxygen atoms in total. The van der Waals surface area contributed by atoms with Crippen molar-refractivity contribution in [1.29, 1.82) is 0 Å². The van der Waals surface area contributed by atoms with Gasteiger partial charge in [-0.3, -0.25) is 14.5 Å². The van der Waals surface area contributed by atoms with Gasteiger partial charge in [0.2, 0.25) is 0 Å². The van der Waals surface area contributed by atoms with Crippen LogP contribution < -0.4 is 9.47 Å². The molecule has 0 spiro atoms. The number of esters is 2. The SMILES string of the molecule is CCCCCC(=O)Oc1ccc2c(c1OC(=O)CCCCC)CC[C@H](N(CCC)CCOC(C)C)C2. The fraction of sp³-hybridized carbons (Fsp3) is 0.733. The lowest BCUT2D eigenvalue weighted by molar-refractivity contribution is -0.137. The maximum atomic E-state index is 12.7. The molecule has 0 aromatic heterocycles. The molecule has 0 aliphatic heterocycles. The molecule has 0 saturated heterocycles. The zero-order chi connectivity index (χ0) is 26.3. The number of carbonyl (C=O) groups is 2. The first-order valence-corrected chi connectivity index (χ1v) is 14.3. The normalized spacial score (nSPS) is 15.2. The van der Waals surface area contributed by atoms with Gasteiger partial charge in [0.05, 0.1) is 12.7 Å². The molecule has 0 unspecified atom stereocenters. The van der Waals surface area contributed by atoms with Gasteiger partial charge in [-0.1, -0.05) is 52.5 Å². The molecule has 1 atom stereocenters. The Bertz CT molecular complexity index is 807. The predicted octanol–water partition coefficient (Wildman–Crippen LogP) is 6.65. The molecular weight excluding hydrogens is 454 g/mol. The summed E-state index contributed by atoms with van der Waals surface area (Å²) in [7, 11) is 0. The highest BCUT2D eigenvalue weighted by atomic mass is 16.6. The lowest BCUT2D eigenvalue weighted by Crippen LogP contribution is -2.42. The minimum absolute atomic E-state index is 0.234. The fourth-order valence-electron chi connectivity index (χ4n) is 4.83. The van der Waals surface area contributed by atoms with Gasteiger partial charge in [-0.25, -0.2) is 0 Å². The van der Waals surface area contributed by atoms with E-state index in [2.05, 4.69) is 45.6 Å². The third kappa shape index (κ3) is 10.2. The molecule has 6 heteroatoms. The average Bonchev–Trinajstić information content (AvgIpc) is 2.84. The molecule has 1 aromatic carbocycles. The molecule has 204 valence electrons. The molecule has 1 aliphatic carbocycles. The fourth-order valence-corrected chi connectivity index (χ4v) is 4.83. The molecule has 0 saturated carbocycles. The lowest BCUT2D eigenvalue weighted by Gasteiger charge is -2.36. The summed E-state index contributed by atoms with van der Waals surface area (Å²) in [5, 5.41) is 0. The number of hydrogen-bond donors (Lipinski definition) is 0. The summed E-state index contributed by atoms with van der Waals surface area (Å²) in [6.45, 7) is 13.3. The van der Waals surface area contributed by atoms with Gasteiger partial charge in [-0.05, 0) is 70.5 Å². The van der Waals surface area contributed by atoms with E-state index in [1.54, 1.807) is 0 Å². The summed E-state index contributed by atoms with van der Waals surface area (Å²) in [5.41, 5.74) is 2.20. The number of benzene rings is 1. The van der Waals surface area contributed by atoms with Crippen molar-refractivity contribution in [2.75, 3.05) is 19.7 Å². The first-order chi connectivity index (χ1) is 17.4.